The van der Waals surface area contributed by atoms with Gasteiger partial charge in [-0.1, -0.05) is 65.0 Å². The number of allylic oxidation sites excluding steroid dienone is 1. The Morgan fingerprint density at radius 2 is 2.00 bits per heavy atom. The molecule has 3 heteroatoms. The summed E-state index contributed by atoms with van der Waals surface area (Å²) in [5.41, 5.74) is 2.95. The van der Waals surface area contributed by atoms with Crippen LogP contribution >= 0.6 is 0 Å². The van der Waals surface area contributed by atoms with Crippen LogP contribution in [0.5, 0.6) is 0 Å². The molecule has 0 saturated heterocycles. The normalized spacial score (nSPS) is 16.3. The van der Waals surface area contributed by atoms with Crippen LogP contribution in [0.15, 0.2) is 30.3 Å². The molecule has 1 unspecified atom stereocenters. The van der Waals surface area contributed by atoms with Crippen LogP contribution in [-0.4, -0.2) is 16.7 Å². The van der Waals surface area contributed by atoms with E-state index in [0.717, 1.165) is 0 Å². The maximum absolute atomic E-state index is 4.29. The average molecular weight is 291 g/mol. The third-order valence-corrected chi connectivity index (χ3v) is 4.02. The maximum Gasteiger partial charge on any atom is 3.00 e. The second-order valence-electron chi connectivity index (χ2n) is 4.25. The first-order valence-electron chi connectivity index (χ1n) is 6.02. The van der Waals surface area contributed by atoms with Crippen LogP contribution in [0.2, 0.25) is 0 Å². The maximum atomic E-state index is 4.29. The van der Waals surface area contributed by atoms with E-state index in [9.17, 15) is 0 Å². The average Bonchev–Trinajstić information content (AvgIpc) is 2.66. The molecule has 1 aromatic rings. The third kappa shape index (κ3) is 3.92. The Morgan fingerprint density at radius 1 is 1.28 bits per heavy atom. The molecule has 1 nitrogen and oxygen atoms in total. The molecule has 1 aliphatic carbocycles. The van der Waals surface area contributed by atoms with Crippen molar-refractivity contribution in [1.82, 2.24) is 0 Å². The molecule has 0 N–H and O–H groups in total. The largest absolute Gasteiger partial charge is 3.00 e. The molecule has 0 bridgehead atoms. The zero-order chi connectivity index (χ0) is 11.4. The standard InChI is InChI=1S/C14H18NSi.CH3.Ti/c1-3-4-7-11-10-14(16-15-2)13-9-6-5-8-12(11)13;;/h5-6,8-11H,3-4,7H2,1-2H3;1H3;/q2*-1;+3. The molecule has 1 atom stereocenters. The smallest absolute Gasteiger partial charge is 0.669 e. The summed E-state index contributed by atoms with van der Waals surface area (Å²) in [4.78, 5) is 4.29. The van der Waals surface area contributed by atoms with Crippen LogP contribution in [0, 0.1) is 7.43 Å². The predicted molar refractivity (Wildman–Crippen MR) is 78.1 cm³/mol. The van der Waals surface area contributed by atoms with Crippen molar-refractivity contribution in [2.75, 3.05) is 7.05 Å². The Morgan fingerprint density at radius 3 is 2.67 bits per heavy atom. The van der Waals surface area contributed by atoms with Gasteiger partial charge in [-0.2, -0.15) is 7.05 Å². The predicted octanol–water partition coefficient (Wildman–Crippen LogP) is 4.39. The van der Waals surface area contributed by atoms with Gasteiger partial charge in [0.25, 0.3) is 0 Å². The molecule has 0 heterocycles. The van der Waals surface area contributed by atoms with E-state index in [-0.39, 0.29) is 29.1 Å². The molecule has 18 heavy (non-hydrogen) atoms. The van der Waals surface area contributed by atoms with Crippen LogP contribution in [0.25, 0.3) is 10.2 Å². The van der Waals surface area contributed by atoms with Crippen molar-refractivity contribution in [3.63, 3.8) is 0 Å². The zero-order valence-corrected chi connectivity index (χ0v) is 14.1. The Labute approximate surface area is 129 Å². The van der Waals surface area contributed by atoms with Gasteiger partial charge >= 0.3 is 21.7 Å². The van der Waals surface area contributed by atoms with E-state index in [1.165, 1.54) is 35.6 Å². The second kappa shape index (κ2) is 8.87. The monoisotopic (exact) mass is 291 g/mol. The molecular formula is C15H21NSiTi+. The van der Waals surface area contributed by atoms with Gasteiger partial charge in [0.15, 0.2) is 0 Å². The van der Waals surface area contributed by atoms with Gasteiger partial charge < -0.3 is 12.4 Å². The number of fused-ring (bicyclic) bond motifs is 1. The minimum atomic E-state index is 0. The fraction of sp³-hybridized carbons (Fsp3) is 0.400. The summed E-state index contributed by atoms with van der Waals surface area (Å²) in [5.74, 6) is 0.639. The number of nitrogens with zero attached hydrogens (tertiary/aromatic N) is 1. The topological polar surface area (TPSA) is 14.1 Å². The number of benzene rings is 1. The molecule has 0 aromatic heterocycles. The van der Waals surface area contributed by atoms with Crippen molar-refractivity contribution < 1.29 is 21.7 Å². The van der Waals surface area contributed by atoms with Crippen molar-refractivity contribution in [1.29, 1.82) is 0 Å². The molecule has 93 valence electrons. The summed E-state index contributed by atoms with van der Waals surface area (Å²) in [6.07, 6.45) is 6.31. The first kappa shape index (κ1) is 17.9. The van der Waals surface area contributed by atoms with E-state index >= 15 is 0 Å². The van der Waals surface area contributed by atoms with Crippen molar-refractivity contribution >= 4 is 14.9 Å². The van der Waals surface area contributed by atoms with Crippen molar-refractivity contribution in [2.45, 2.75) is 32.1 Å². The van der Waals surface area contributed by atoms with Gasteiger partial charge in [-0.25, -0.2) is 0 Å². The summed E-state index contributed by atoms with van der Waals surface area (Å²) >= 11 is 0. The van der Waals surface area contributed by atoms with E-state index < -0.39 is 0 Å². The molecule has 2 rings (SSSR count). The number of hydrogen-bond donors (Lipinski definition) is 0. The fourth-order valence-corrected chi connectivity index (χ4v) is 3.19. The van der Waals surface area contributed by atoms with Crippen LogP contribution in [0.4, 0.5) is 0 Å². The fourth-order valence-electron chi connectivity index (χ4n) is 2.33. The van der Waals surface area contributed by atoms with Crippen LogP contribution < -0.4 is 0 Å². The first-order valence-corrected chi connectivity index (χ1v) is 6.97. The summed E-state index contributed by atoms with van der Waals surface area (Å²) in [7, 11) is 2.52. The Kier molecular flexibility index (Phi) is 8.79. The van der Waals surface area contributed by atoms with E-state index in [4.69, 9.17) is 0 Å². The van der Waals surface area contributed by atoms with Gasteiger partial charge in [-0.3, -0.25) is 0 Å². The van der Waals surface area contributed by atoms with E-state index in [1.54, 1.807) is 0 Å². The van der Waals surface area contributed by atoms with E-state index in [2.05, 4.69) is 42.2 Å². The molecular weight excluding hydrogens is 270 g/mol. The van der Waals surface area contributed by atoms with Gasteiger partial charge in [0.1, 0.15) is 0 Å². The van der Waals surface area contributed by atoms with Crippen LogP contribution in [0.1, 0.15) is 43.2 Å². The molecule has 0 saturated carbocycles. The van der Waals surface area contributed by atoms with Gasteiger partial charge in [0.2, 0.25) is 0 Å². The van der Waals surface area contributed by atoms with E-state index in [1.807, 2.05) is 7.05 Å². The Bertz CT molecular complexity index is 390. The molecule has 0 amide bonds. The van der Waals surface area contributed by atoms with Gasteiger partial charge in [-0.15, -0.1) is 0 Å². The SMILES string of the molecule is CCCCC1C=C([Si][N-]C)c2ccccc21.[CH3-].[Ti+3]. The summed E-state index contributed by atoms with van der Waals surface area (Å²) in [6.45, 7) is 2.26. The van der Waals surface area contributed by atoms with Crippen LogP contribution in [-0.2, 0) is 21.7 Å². The van der Waals surface area contributed by atoms with Gasteiger partial charge in [0, 0.05) is 5.92 Å². The summed E-state index contributed by atoms with van der Waals surface area (Å²) < 4.78 is 0. The minimum Gasteiger partial charge on any atom is -0.669 e. The molecule has 1 aliphatic rings. The molecule has 1 aromatic carbocycles. The number of rotatable bonds is 5. The molecule has 0 fully saturated rings. The molecule has 3 radical (unpaired) electrons. The first-order chi connectivity index (χ1) is 7.86. The van der Waals surface area contributed by atoms with Gasteiger partial charge in [0.05, 0.1) is 0 Å². The number of unbranched alkanes of at least 4 members (excludes halogenated alkanes) is 1. The van der Waals surface area contributed by atoms with Crippen molar-refractivity contribution in [3.8, 4) is 0 Å². The van der Waals surface area contributed by atoms with Crippen molar-refractivity contribution in [2.24, 2.45) is 0 Å². The third-order valence-electron chi connectivity index (χ3n) is 3.12. The minimum absolute atomic E-state index is 0. The van der Waals surface area contributed by atoms with Gasteiger partial charge in [-0.05, 0) is 17.5 Å². The Hall–Kier alpha value is -0.149. The summed E-state index contributed by atoms with van der Waals surface area (Å²) in [5, 5.41) is 1.44. The summed E-state index contributed by atoms with van der Waals surface area (Å²) in [6, 6.07) is 8.81. The van der Waals surface area contributed by atoms with Crippen molar-refractivity contribution in [3.05, 3.63) is 53.9 Å². The van der Waals surface area contributed by atoms with E-state index in [0.29, 0.717) is 15.6 Å². The Balaban J connectivity index is 0.00000144. The number of hydrogen-bond acceptors (Lipinski definition) is 0. The second-order valence-corrected chi connectivity index (χ2v) is 5.46. The quantitative estimate of drug-likeness (QED) is 0.564. The van der Waals surface area contributed by atoms with Crippen LogP contribution in [0.3, 0.4) is 0 Å². The molecule has 0 aliphatic heterocycles. The molecule has 0 spiro atoms. The zero-order valence-electron chi connectivity index (χ0n) is 11.5.